The predicted octanol–water partition coefficient (Wildman–Crippen LogP) is 2.95. The summed E-state index contributed by atoms with van der Waals surface area (Å²) in [5.41, 5.74) is 4.56. The number of esters is 1. The topological polar surface area (TPSA) is 134 Å². The van der Waals surface area contributed by atoms with E-state index in [1.165, 1.54) is 24.0 Å². The van der Waals surface area contributed by atoms with Crippen LogP contribution < -0.4 is 0 Å². The molecule has 34 heavy (non-hydrogen) atoms. The van der Waals surface area contributed by atoms with Gasteiger partial charge in [-0.3, -0.25) is 0 Å². The molecule has 1 unspecified atom stereocenters. The van der Waals surface area contributed by atoms with E-state index < -0.39 is 42.6 Å². The summed E-state index contributed by atoms with van der Waals surface area (Å²) < 4.78 is 9.88. The lowest BCUT2D eigenvalue weighted by molar-refractivity contribution is -0.284. The van der Waals surface area contributed by atoms with Gasteiger partial charge in [-0.05, 0) is 56.6 Å². The number of aliphatic carboxylic acids is 1. The van der Waals surface area contributed by atoms with Crippen molar-refractivity contribution in [2.45, 2.75) is 84.6 Å². The number of carbonyl (C=O) groups excluding carboxylic acids is 1. The maximum absolute atomic E-state index is 12.2. The lowest BCUT2D eigenvalue weighted by atomic mass is 9.72. The van der Waals surface area contributed by atoms with Crippen LogP contribution in [-0.2, 0) is 19.1 Å². The van der Waals surface area contributed by atoms with Crippen molar-refractivity contribution >= 4 is 11.9 Å². The molecule has 2 rings (SSSR count). The van der Waals surface area contributed by atoms with E-state index in [2.05, 4.69) is 32.9 Å². The highest BCUT2D eigenvalue weighted by atomic mass is 16.7. The lowest BCUT2D eigenvalue weighted by Crippen LogP contribution is -2.60. The predicted molar refractivity (Wildman–Crippen MR) is 127 cm³/mol. The first kappa shape index (κ1) is 27.7. The molecule has 1 aliphatic carbocycles. The van der Waals surface area contributed by atoms with Gasteiger partial charge in [0, 0.05) is 6.08 Å². The Bertz CT molecular complexity index is 921. The summed E-state index contributed by atoms with van der Waals surface area (Å²) >= 11 is 0. The number of hydrogen-bond donors (Lipinski definition) is 4. The molecule has 0 radical (unpaired) electrons. The number of carboxylic acid groups (broad SMARTS) is 1. The Labute approximate surface area is 200 Å². The second-order valence-corrected chi connectivity index (χ2v) is 9.59. The molecule has 188 valence electrons. The van der Waals surface area contributed by atoms with Gasteiger partial charge < -0.3 is 29.9 Å². The van der Waals surface area contributed by atoms with Crippen LogP contribution in [0.1, 0.15) is 53.9 Å². The van der Waals surface area contributed by atoms with Crippen LogP contribution in [0.2, 0.25) is 0 Å². The summed E-state index contributed by atoms with van der Waals surface area (Å²) in [4.78, 5) is 23.3. The van der Waals surface area contributed by atoms with Gasteiger partial charge in [-0.15, -0.1) is 0 Å². The fourth-order valence-electron chi connectivity index (χ4n) is 4.16. The minimum absolute atomic E-state index is 0.170. The highest BCUT2D eigenvalue weighted by Crippen LogP contribution is 2.40. The van der Waals surface area contributed by atoms with Gasteiger partial charge in [0.05, 0.1) is 0 Å². The molecule has 8 nitrogen and oxygen atoms in total. The number of rotatable bonds is 7. The van der Waals surface area contributed by atoms with Gasteiger partial charge in [0.15, 0.2) is 6.10 Å². The van der Waals surface area contributed by atoms with Gasteiger partial charge >= 0.3 is 11.9 Å². The van der Waals surface area contributed by atoms with E-state index in [1.807, 2.05) is 13.0 Å². The average molecular weight is 477 g/mol. The zero-order valence-electron chi connectivity index (χ0n) is 20.4. The number of carboxylic acids is 1. The van der Waals surface area contributed by atoms with Crippen molar-refractivity contribution in [1.82, 2.24) is 0 Å². The quantitative estimate of drug-likeness (QED) is 0.250. The molecular formula is C26H36O8. The van der Waals surface area contributed by atoms with E-state index in [-0.39, 0.29) is 5.41 Å². The minimum atomic E-state index is -1.85. The SMILES string of the molecule is CC1=C(/C=C/C(C)=C/C=C/C(C)=C/C(=O)OC2O[C@H](C(=O)O)[C@@H](O)[C@H](O)[C@H]2O)C(C)(C)CCC1. The Morgan fingerprint density at radius 3 is 2.35 bits per heavy atom. The first-order chi connectivity index (χ1) is 15.8. The molecule has 2 aliphatic rings. The number of aliphatic hydroxyl groups is 3. The third-order valence-electron chi connectivity index (χ3n) is 6.16. The van der Waals surface area contributed by atoms with Gasteiger partial charge in [0.1, 0.15) is 18.3 Å². The molecule has 0 bridgehead atoms. The summed E-state index contributed by atoms with van der Waals surface area (Å²) in [6.45, 7) is 10.4. The van der Waals surface area contributed by atoms with Crippen LogP contribution in [0.4, 0.5) is 0 Å². The molecule has 0 saturated carbocycles. The Balaban J connectivity index is 1.98. The Hall–Kier alpha value is -2.52. The maximum atomic E-state index is 12.2. The third-order valence-corrected chi connectivity index (χ3v) is 6.16. The van der Waals surface area contributed by atoms with Crippen LogP contribution in [0.15, 0.2) is 58.7 Å². The first-order valence-electron chi connectivity index (χ1n) is 11.4. The van der Waals surface area contributed by atoms with Crippen molar-refractivity contribution < 1.29 is 39.5 Å². The van der Waals surface area contributed by atoms with Crippen molar-refractivity contribution in [2.75, 3.05) is 0 Å². The van der Waals surface area contributed by atoms with Crippen LogP contribution in [0.3, 0.4) is 0 Å². The Morgan fingerprint density at radius 1 is 1.06 bits per heavy atom. The smallest absolute Gasteiger partial charge is 0.335 e. The highest BCUT2D eigenvalue weighted by molar-refractivity contribution is 5.83. The van der Waals surface area contributed by atoms with Gasteiger partial charge in [0.2, 0.25) is 6.29 Å². The summed E-state index contributed by atoms with van der Waals surface area (Å²) in [5.74, 6) is -2.44. The third kappa shape index (κ3) is 7.24. The summed E-state index contributed by atoms with van der Waals surface area (Å²) in [7, 11) is 0. The van der Waals surface area contributed by atoms with E-state index in [1.54, 1.807) is 19.1 Å². The lowest BCUT2D eigenvalue weighted by Gasteiger charge is -2.37. The van der Waals surface area contributed by atoms with Crippen LogP contribution in [0.25, 0.3) is 0 Å². The van der Waals surface area contributed by atoms with Gasteiger partial charge in [-0.25, -0.2) is 9.59 Å². The molecule has 8 heteroatoms. The van der Waals surface area contributed by atoms with Crippen LogP contribution in [0.5, 0.6) is 0 Å². The van der Waals surface area contributed by atoms with E-state index in [0.29, 0.717) is 5.57 Å². The molecule has 1 aliphatic heterocycles. The zero-order valence-corrected chi connectivity index (χ0v) is 20.4. The number of ether oxygens (including phenoxy) is 2. The average Bonchev–Trinajstić information content (AvgIpc) is 2.73. The molecule has 4 N–H and O–H groups in total. The number of carbonyl (C=O) groups is 2. The molecule has 0 aromatic carbocycles. The van der Waals surface area contributed by atoms with Crippen molar-refractivity contribution in [3.63, 3.8) is 0 Å². The number of allylic oxidation sites excluding steroid dienone is 9. The molecule has 1 fully saturated rings. The van der Waals surface area contributed by atoms with Crippen molar-refractivity contribution in [3.8, 4) is 0 Å². The monoisotopic (exact) mass is 476 g/mol. The number of hydrogen-bond acceptors (Lipinski definition) is 7. The van der Waals surface area contributed by atoms with Crippen molar-refractivity contribution in [3.05, 3.63) is 58.7 Å². The minimum Gasteiger partial charge on any atom is -0.479 e. The molecule has 0 aromatic rings. The molecule has 1 heterocycles. The second-order valence-electron chi connectivity index (χ2n) is 9.59. The van der Waals surface area contributed by atoms with Crippen LogP contribution >= 0.6 is 0 Å². The largest absolute Gasteiger partial charge is 0.479 e. The summed E-state index contributed by atoms with van der Waals surface area (Å²) in [6, 6.07) is 0. The molecule has 0 spiro atoms. The molecular weight excluding hydrogens is 440 g/mol. The van der Waals surface area contributed by atoms with Gasteiger partial charge in [-0.1, -0.05) is 55.4 Å². The van der Waals surface area contributed by atoms with Crippen molar-refractivity contribution in [1.29, 1.82) is 0 Å². The zero-order chi connectivity index (χ0) is 25.6. The fourth-order valence-corrected chi connectivity index (χ4v) is 4.16. The van der Waals surface area contributed by atoms with Gasteiger partial charge in [0.25, 0.3) is 0 Å². The highest BCUT2D eigenvalue weighted by Gasteiger charge is 2.48. The number of aliphatic hydroxyl groups excluding tert-OH is 3. The summed E-state index contributed by atoms with van der Waals surface area (Å²) in [5, 5.41) is 38.5. The molecule has 5 atom stereocenters. The van der Waals surface area contributed by atoms with E-state index in [9.17, 15) is 24.9 Å². The maximum Gasteiger partial charge on any atom is 0.335 e. The Morgan fingerprint density at radius 2 is 1.74 bits per heavy atom. The van der Waals surface area contributed by atoms with Crippen LogP contribution in [0, 0.1) is 5.41 Å². The Kier molecular flexibility index (Phi) is 9.58. The van der Waals surface area contributed by atoms with Crippen molar-refractivity contribution in [2.24, 2.45) is 5.41 Å². The first-order valence-corrected chi connectivity index (χ1v) is 11.4. The molecule has 1 saturated heterocycles. The normalized spacial score (nSPS) is 30.8. The van der Waals surface area contributed by atoms with E-state index in [0.717, 1.165) is 18.1 Å². The molecule has 0 aromatic heterocycles. The van der Waals surface area contributed by atoms with E-state index >= 15 is 0 Å². The second kappa shape index (κ2) is 11.8. The van der Waals surface area contributed by atoms with Gasteiger partial charge in [-0.2, -0.15) is 0 Å². The van der Waals surface area contributed by atoms with E-state index in [4.69, 9.17) is 14.6 Å². The molecule has 0 amide bonds. The van der Waals surface area contributed by atoms with Crippen LogP contribution in [-0.4, -0.2) is 63.1 Å². The summed E-state index contributed by atoms with van der Waals surface area (Å²) in [6.07, 6.45) is 5.29. The standard InChI is InChI=1S/C26H36O8/c1-15(11-12-18-17(3)10-7-13-26(18,4)5)8-6-9-16(2)14-19(27)33-25-22(30)20(28)21(29)23(34-25)24(31)32/h6,8-9,11-12,14,20-23,25,28-30H,7,10,13H2,1-5H3,(H,31,32)/b9-6+,12-11+,15-8+,16-14+/t20-,21-,22+,23-,25?/m0/s1. The fraction of sp³-hybridized carbons (Fsp3) is 0.538.